The second kappa shape index (κ2) is 4.70. The van der Waals surface area contributed by atoms with Gasteiger partial charge in [-0.3, -0.25) is 14.9 Å². The molecule has 100 valence electrons. The van der Waals surface area contributed by atoms with E-state index in [2.05, 4.69) is 10.6 Å². The highest BCUT2D eigenvalue weighted by atomic mass is 16.3. The summed E-state index contributed by atoms with van der Waals surface area (Å²) >= 11 is 0. The van der Waals surface area contributed by atoms with E-state index in [0.29, 0.717) is 17.7 Å². The Balaban J connectivity index is 1.76. The number of carbonyl (C=O) groups excluding carboxylic acids is 2. The van der Waals surface area contributed by atoms with Crippen LogP contribution in [0.5, 0.6) is 5.75 Å². The van der Waals surface area contributed by atoms with Crippen molar-refractivity contribution in [2.75, 3.05) is 5.32 Å². The van der Waals surface area contributed by atoms with Gasteiger partial charge in [-0.2, -0.15) is 0 Å². The molecule has 2 aromatic carbocycles. The van der Waals surface area contributed by atoms with Crippen molar-refractivity contribution in [3.63, 3.8) is 0 Å². The van der Waals surface area contributed by atoms with Crippen molar-refractivity contribution >= 4 is 17.5 Å². The van der Waals surface area contributed by atoms with Crippen LogP contribution in [-0.2, 0) is 6.54 Å². The third-order valence-corrected chi connectivity index (χ3v) is 3.17. The van der Waals surface area contributed by atoms with Gasteiger partial charge in [-0.1, -0.05) is 12.1 Å². The van der Waals surface area contributed by atoms with Crippen LogP contribution < -0.4 is 10.6 Å². The highest BCUT2D eigenvalue weighted by Gasteiger charge is 2.26. The summed E-state index contributed by atoms with van der Waals surface area (Å²) in [6.07, 6.45) is 0. The molecule has 1 heterocycles. The number of benzene rings is 2. The predicted octanol–water partition coefficient (Wildman–Crippen LogP) is 1.89. The number of hydrogen-bond acceptors (Lipinski definition) is 4. The van der Waals surface area contributed by atoms with Crippen LogP contribution in [-0.4, -0.2) is 16.9 Å². The summed E-state index contributed by atoms with van der Waals surface area (Å²) in [7, 11) is 0. The third-order valence-electron chi connectivity index (χ3n) is 3.17. The van der Waals surface area contributed by atoms with Crippen molar-refractivity contribution in [1.82, 2.24) is 5.32 Å². The van der Waals surface area contributed by atoms with Gasteiger partial charge in [0, 0.05) is 12.2 Å². The minimum absolute atomic E-state index is 0.224. The smallest absolute Gasteiger partial charge is 0.259 e. The summed E-state index contributed by atoms with van der Waals surface area (Å²) in [5.74, 6) is -0.491. The molecule has 0 saturated heterocycles. The fourth-order valence-corrected chi connectivity index (χ4v) is 2.10. The Kier molecular flexibility index (Phi) is 2.87. The van der Waals surface area contributed by atoms with Gasteiger partial charge in [0.15, 0.2) is 0 Å². The molecule has 3 N–H and O–H groups in total. The molecule has 5 nitrogen and oxygen atoms in total. The number of imide groups is 1. The predicted molar refractivity (Wildman–Crippen MR) is 73.7 cm³/mol. The Morgan fingerprint density at radius 2 is 1.65 bits per heavy atom. The van der Waals surface area contributed by atoms with E-state index in [1.807, 2.05) is 12.1 Å². The van der Waals surface area contributed by atoms with Gasteiger partial charge in [0.25, 0.3) is 11.8 Å². The molecule has 0 saturated carbocycles. The lowest BCUT2D eigenvalue weighted by Crippen LogP contribution is -2.19. The van der Waals surface area contributed by atoms with E-state index in [1.165, 1.54) is 0 Å². The Labute approximate surface area is 115 Å². The van der Waals surface area contributed by atoms with Gasteiger partial charge in [0.05, 0.1) is 11.1 Å². The summed E-state index contributed by atoms with van der Waals surface area (Å²) in [6, 6.07) is 11.9. The van der Waals surface area contributed by atoms with Gasteiger partial charge in [-0.25, -0.2) is 0 Å². The molecule has 0 unspecified atom stereocenters. The summed E-state index contributed by atoms with van der Waals surface area (Å²) in [5.41, 5.74) is 2.57. The molecule has 2 aromatic rings. The monoisotopic (exact) mass is 268 g/mol. The first-order chi connectivity index (χ1) is 9.63. The van der Waals surface area contributed by atoms with Crippen LogP contribution in [0, 0.1) is 0 Å². The standard InChI is InChI=1S/C15H12N2O3/c18-11-4-1-9(2-5-11)8-16-10-3-6-12-13(7-10)15(20)17-14(12)19/h1-7,16,18H,8H2,(H,17,19,20). The number of hydrogen-bond donors (Lipinski definition) is 3. The Hall–Kier alpha value is -2.82. The Morgan fingerprint density at radius 3 is 2.40 bits per heavy atom. The number of rotatable bonds is 3. The van der Waals surface area contributed by atoms with Crippen LogP contribution in [0.1, 0.15) is 26.3 Å². The van der Waals surface area contributed by atoms with Crippen LogP contribution in [0.15, 0.2) is 42.5 Å². The van der Waals surface area contributed by atoms with Crippen LogP contribution in [0.2, 0.25) is 0 Å². The molecule has 0 aromatic heterocycles. The number of fused-ring (bicyclic) bond motifs is 1. The second-order valence-corrected chi connectivity index (χ2v) is 4.56. The number of phenolic OH excluding ortho intramolecular Hbond substituents is 1. The zero-order valence-corrected chi connectivity index (χ0v) is 10.5. The number of carbonyl (C=O) groups is 2. The highest BCUT2D eigenvalue weighted by molar-refractivity contribution is 6.21. The first kappa shape index (κ1) is 12.2. The Morgan fingerprint density at radius 1 is 0.950 bits per heavy atom. The lowest BCUT2D eigenvalue weighted by Gasteiger charge is -2.07. The molecule has 0 fully saturated rings. The maximum Gasteiger partial charge on any atom is 0.259 e. The minimum atomic E-state index is -0.363. The minimum Gasteiger partial charge on any atom is -0.508 e. The van der Waals surface area contributed by atoms with Crippen LogP contribution in [0.4, 0.5) is 5.69 Å². The Bertz CT molecular complexity index is 693. The lowest BCUT2D eigenvalue weighted by atomic mass is 10.1. The molecule has 0 atom stereocenters. The normalized spacial score (nSPS) is 13.0. The summed E-state index contributed by atoms with van der Waals surface area (Å²) in [4.78, 5) is 23.0. The van der Waals surface area contributed by atoms with E-state index >= 15 is 0 Å². The lowest BCUT2D eigenvalue weighted by molar-refractivity contribution is 0.0879. The molecule has 1 aliphatic rings. The maximum absolute atomic E-state index is 11.6. The molecule has 5 heteroatoms. The number of anilines is 1. The zero-order chi connectivity index (χ0) is 14.1. The quantitative estimate of drug-likeness (QED) is 0.743. The van der Waals surface area contributed by atoms with Crippen molar-refractivity contribution in [2.45, 2.75) is 6.54 Å². The van der Waals surface area contributed by atoms with Crippen LogP contribution in [0.25, 0.3) is 0 Å². The summed E-state index contributed by atoms with van der Waals surface area (Å²) in [6.45, 7) is 0.564. The third kappa shape index (κ3) is 2.21. The van der Waals surface area contributed by atoms with Crippen molar-refractivity contribution in [3.8, 4) is 5.75 Å². The molecule has 20 heavy (non-hydrogen) atoms. The maximum atomic E-state index is 11.6. The van der Waals surface area contributed by atoms with Gasteiger partial charge in [-0.05, 0) is 35.9 Å². The van der Waals surface area contributed by atoms with Crippen molar-refractivity contribution < 1.29 is 14.7 Å². The van der Waals surface area contributed by atoms with Gasteiger partial charge in [0.2, 0.25) is 0 Å². The summed E-state index contributed by atoms with van der Waals surface area (Å²) in [5, 5.41) is 14.6. The number of amides is 2. The van der Waals surface area contributed by atoms with E-state index in [-0.39, 0.29) is 17.6 Å². The SMILES string of the molecule is O=C1NC(=O)c2cc(NCc3ccc(O)cc3)ccc21. The number of nitrogens with one attached hydrogen (secondary N) is 2. The van der Waals surface area contributed by atoms with E-state index in [1.54, 1.807) is 30.3 Å². The van der Waals surface area contributed by atoms with Gasteiger partial charge >= 0.3 is 0 Å². The van der Waals surface area contributed by atoms with Crippen molar-refractivity contribution in [2.24, 2.45) is 0 Å². The summed E-state index contributed by atoms with van der Waals surface area (Å²) < 4.78 is 0. The van der Waals surface area contributed by atoms with E-state index < -0.39 is 0 Å². The van der Waals surface area contributed by atoms with Crippen LogP contribution in [0.3, 0.4) is 0 Å². The number of aromatic hydroxyl groups is 1. The van der Waals surface area contributed by atoms with Gasteiger partial charge in [-0.15, -0.1) is 0 Å². The molecule has 3 rings (SSSR count). The molecule has 0 spiro atoms. The molecular weight excluding hydrogens is 256 g/mol. The largest absolute Gasteiger partial charge is 0.508 e. The first-order valence-electron chi connectivity index (χ1n) is 6.15. The van der Waals surface area contributed by atoms with Crippen molar-refractivity contribution in [3.05, 3.63) is 59.2 Å². The first-order valence-corrected chi connectivity index (χ1v) is 6.15. The van der Waals surface area contributed by atoms with E-state index in [9.17, 15) is 14.7 Å². The average Bonchev–Trinajstić information content (AvgIpc) is 2.73. The number of phenols is 1. The second-order valence-electron chi connectivity index (χ2n) is 4.56. The molecule has 0 aliphatic carbocycles. The molecule has 2 amide bonds. The zero-order valence-electron chi connectivity index (χ0n) is 10.5. The van der Waals surface area contributed by atoms with Crippen LogP contribution >= 0.6 is 0 Å². The van der Waals surface area contributed by atoms with E-state index in [4.69, 9.17) is 0 Å². The molecular formula is C15H12N2O3. The van der Waals surface area contributed by atoms with Crippen molar-refractivity contribution in [1.29, 1.82) is 0 Å². The van der Waals surface area contributed by atoms with E-state index in [0.717, 1.165) is 11.3 Å². The van der Waals surface area contributed by atoms with Gasteiger partial charge in [0.1, 0.15) is 5.75 Å². The molecule has 1 aliphatic heterocycles. The highest BCUT2D eigenvalue weighted by Crippen LogP contribution is 2.21. The molecule has 0 bridgehead atoms. The molecule has 0 radical (unpaired) electrons. The fraction of sp³-hybridized carbons (Fsp3) is 0.0667. The average molecular weight is 268 g/mol. The fourth-order valence-electron chi connectivity index (χ4n) is 2.10. The van der Waals surface area contributed by atoms with Gasteiger partial charge < -0.3 is 10.4 Å². The topological polar surface area (TPSA) is 78.4 Å².